The molecule has 3 heterocycles. The van der Waals surface area contributed by atoms with E-state index in [0.29, 0.717) is 29.1 Å². The van der Waals surface area contributed by atoms with E-state index >= 15 is 0 Å². The zero-order valence-electron chi connectivity index (χ0n) is 32.3. The van der Waals surface area contributed by atoms with Crippen molar-refractivity contribution in [3.8, 4) is 34.4 Å². The lowest BCUT2D eigenvalue weighted by Crippen LogP contribution is -2.00. The van der Waals surface area contributed by atoms with Crippen LogP contribution in [-0.2, 0) is 4.74 Å². The Kier molecular flexibility index (Phi) is 10.7. The topological polar surface area (TPSA) is 117 Å². The number of carbonyl (C=O) groups excluding carboxylic acids is 1. The summed E-state index contributed by atoms with van der Waals surface area (Å²) in [5.41, 5.74) is 13.3. The number of hydrogen-bond acceptors (Lipinski definition) is 9. The van der Waals surface area contributed by atoms with Gasteiger partial charge in [-0.2, -0.15) is 4.98 Å². The third-order valence-corrected chi connectivity index (χ3v) is 9.35. The number of methoxy groups -OCH3 is 1. The van der Waals surface area contributed by atoms with E-state index in [-0.39, 0.29) is 5.97 Å². The molecule has 58 heavy (non-hydrogen) atoms. The van der Waals surface area contributed by atoms with Gasteiger partial charge in [0.2, 0.25) is 11.8 Å². The molecule has 9 nitrogen and oxygen atoms in total. The molecule has 0 atom stereocenters. The van der Waals surface area contributed by atoms with Crippen LogP contribution in [0.25, 0.3) is 80.9 Å². The van der Waals surface area contributed by atoms with E-state index in [1.54, 1.807) is 19.1 Å². The number of ether oxygens (including phenoxy) is 1. The number of nitrogens with zero attached hydrogens (tertiary/aromatic N) is 4. The number of aromatic nitrogens is 4. The van der Waals surface area contributed by atoms with Crippen molar-refractivity contribution in [1.82, 2.24) is 20.1 Å². The number of aryl methyl sites for hydroxylation is 3. The van der Waals surface area contributed by atoms with Gasteiger partial charge >= 0.3 is 5.97 Å². The third-order valence-electron chi connectivity index (χ3n) is 9.35. The van der Waals surface area contributed by atoms with Crippen LogP contribution in [0.3, 0.4) is 0 Å². The molecule has 9 rings (SSSR count). The summed E-state index contributed by atoms with van der Waals surface area (Å²) in [7, 11) is 1.38. The Labute approximate surface area is 335 Å². The maximum absolute atomic E-state index is 11.5. The second kappa shape index (κ2) is 16.6. The second-order valence-corrected chi connectivity index (χ2v) is 13.8. The normalized spacial score (nSPS) is 11.4. The van der Waals surface area contributed by atoms with Crippen LogP contribution < -0.4 is 0 Å². The Hall–Kier alpha value is -7.65. The average molecular weight is 763 g/mol. The van der Waals surface area contributed by atoms with Crippen molar-refractivity contribution in [3.05, 3.63) is 178 Å². The Morgan fingerprint density at radius 1 is 0.500 bits per heavy atom. The van der Waals surface area contributed by atoms with Crippen LogP contribution in [0.1, 0.15) is 49.6 Å². The predicted molar refractivity (Wildman–Crippen MR) is 228 cm³/mol. The van der Waals surface area contributed by atoms with Crippen LogP contribution in [0.4, 0.5) is 0 Å². The predicted octanol–water partition coefficient (Wildman–Crippen LogP) is 12.1. The molecule has 9 heteroatoms. The van der Waals surface area contributed by atoms with Gasteiger partial charge in [-0.05, 0) is 127 Å². The lowest BCUT2D eigenvalue weighted by Gasteiger charge is -2.00. The molecule has 0 unspecified atom stereocenters. The molecule has 0 aliphatic carbocycles. The van der Waals surface area contributed by atoms with Crippen molar-refractivity contribution >= 4 is 52.5 Å². The molecular weight excluding hydrogens is 725 g/mol. The first-order valence-corrected chi connectivity index (χ1v) is 18.7. The molecule has 0 amide bonds. The number of hydrogen-bond donors (Lipinski definition) is 0. The van der Waals surface area contributed by atoms with Crippen LogP contribution >= 0.6 is 0 Å². The van der Waals surface area contributed by atoms with Gasteiger partial charge in [0.1, 0.15) is 11.0 Å². The van der Waals surface area contributed by atoms with Gasteiger partial charge in [-0.25, -0.2) is 14.8 Å². The number of carbonyl (C=O) groups is 1. The summed E-state index contributed by atoms with van der Waals surface area (Å²) in [5, 5.41) is 3.83. The second-order valence-electron chi connectivity index (χ2n) is 13.8. The Morgan fingerprint density at radius 2 is 0.897 bits per heavy atom. The highest BCUT2D eigenvalue weighted by Gasteiger charge is 2.10. The highest BCUT2D eigenvalue weighted by Crippen LogP contribution is 2.27. The Balaban J connectivity index is 0.000000162. The molecule has 0 fully saturated rings. The molecule has 0 bridgehead atoms. The number of esters is 1. The first kappa shape index (κ1) is 37.3. The van der Waals surface area contributed by atoms with Crippen molar-refractivity contribution in [2.75, 3.05) is 7.11 Å². The van der Waals surface area contributed by atoms with Crippen LogP contribution in [0, 0.1) is 20.8 Å². The summed E-state index contributed by atoms with van der Waals surface area (Å²) >= 11 is 0. The van der Waals surface area contributed by atoms with Crippen LogP contribution in [-0.4, -0.2) is 33.2 Å². The molecular formula is C49H38N4O5. The van der Waals surface area contributed by atoms with Gasteiger partial charge in [0.25, 0.3) is 5.89 Å². The molecule has 0 aliphatic heterocycles. The summed E-state index contributed by atoms with van der Waals surface area (Å²) < 4.78 is 21.6. The first-order chi connectivity index (χ1) is 28.3. The lowest BCUT2D eigenvalue weighted by molar-refractivity contribution is 0.0600. The molecule has 0 spiro atoms. The van der Waals surface area contributed by atoms with E-state index in [9.17, 15) is 4.79 Å². The van der Waals surface area contributed by atoms with E-state index in [0.717, 1.165) is 66.7 Å². The SMILES string of the molecule is COC(=O)c1ccc(C=Cc2ccc(-c3nc4cc(C)ccc4o3)cc2)cc1.Cc1ccc2oc(-c3ccc(C=Cc4ccc(-c5nc(C)no5)cc4)cc3)nc2c1. The molecule has 284 valence electrons. The summed E-state index contributed by atoms with van der Waals surface area (Å²) in [5.74, 6) is 2.09. The van der Waals surface area contributed by atoms with Crippen molar-refractivity contribution in [2.24, 2.45) is 0 Å². The molecule has 0 saturated carbocycles. The number of oxazole rings is 2. The van der Waals surface area contributed by atoms with Crippen molar-refractivity contribution < 1.29 is 22.9 Å². The largest absolute Gasteiger partial charge is 0.465 e. The molecule has 0 radical (unpaired) electrons. The minimum absolute atomic E-state index is 0.333. The van der Waals surface area contributed by atoms with Gasteiger partial charge in [-0.15, -0.1) is 0 Å². The summed E-state index contributed by atoms with van der Waals surface area (Å²) in [6.45, 7) is 5.90. The van der Waals surface area contributed by atoms with E-state index in [1.807, 2.05) is 128 Å². The highest BCUT2D eigenvalue weighted by atomic mass is 16.5. The third kappa shape index (κ3) is 8.74. The maximum atomic E-state index is 11.5. The molecule has 9 aromatic rings. The minimum Gasteiger partial charge on any atom is -0.465 e. The van der Waals surface area contributed by atoms with Crippen molar-refractivity contribution in [1.29, 1.82) is 0 Å². The molecule has 0 N–H and O–H groups in total. The zero-order chi connectivity index (χ0) is 40.0. The van der Waals surface area contributed by atoms with Gasteiger partial charge in [0.05, 0.1) is 12.7 Å². The number of rotatable bonds is 8. The van der Waals surface area contributed by atoms with Gasteiger partial charge in [0.15, 0.2) is 17.0 Å². The summed E-state index contributed by atoms with van der Waals surface area (Å²) in [6.07, 6.45) is 8.16. The fourth-order valence-corrected chi connectivity index (χ4v) is 6.18. The van der Waals surface area contributed by atoms with Crippen LogP contribution in [0.2, 0.25) is 0 Å². The minimum atomic E-state index is -0.333. The van der Waals surface area contributed by atoms with E-state index in [2.05, 4.69) is 51.3 Å². The Morgan fingerprint density at radius 3 is 1.28 bits per heavy atom. The molecule has 0 saturated heterocycles. The molecule has 3 aromatic heterocycles. The smallest absolute Gasteiger partial charge is 0.337 e. The van der Waals surface area contributed by atoms with E-state index in [4.69, 9.17) is 18.1 Å². The van der Waals surface area contributed by atoms with Crippen molar-refractivity contribution in [2.45, 2.75) is 20.8 Å². The maximum Gasteiger partial charge on any atom is 0.337 e. The first-order valence-electron chi connectivity index (χ1n) is 18.7. The van der Waals surface area contributed by atoms with Gasteiger partial charge in [-0.3, -0.25) is 0 Å². The zero-order valence-corrected chi connectivity index (χ0v) is 32.3. The fraction of sp³-hybridized carbons (Fsp3) is 0.0816. The summed E-state index contributed by atoms with van der Waals surface area (Å²) in [6, 6.07) is 43.5. The van der Waals surface area contributed by atoms with Gasteiger partial charge in [-0.1, -0.05) is 90.1 Å². The number of benzene rings is 6. The number of fused-ring (bicyclic) bond motifs is 2. The van der Waals surface area contributed by atoms with Crippen LogP contribution in [0.5, 0.6) is 0 Å². The van der Waals surface area contributed by atoms with Gasteiger partial charge < -0.3 is 18.1 Å². The van der Waals surface area contributed by atoms with Crippen molar-refractivity contribution in [3.63, 3.8) is 0 Å². The highest BCUT2D eigenvalue weighted by molar-refractivity contribution is 5.89. The fourth-order valence-electron chi connectivity index (χ4n) is 6.18. The molecule has 6 aromatic carbocycles. The monoisotopic (exact) mass is 762 g/mol. The molecule has 0 aliphatic rings. The average Bonchev–Trinajstić information content (AvgIpc) is 4.01. The van der Waals surface area contributed by atoms with E-state index < -0.39 is 0 Å². The van der Waals surface area contributed by atoms with Crippen LogP contribution in [0.15, 0.2) is 147 Å². The quantitative estimate of drug-likeness (QED) is 0.110. The lowest BCUT2D eigenvalue weighted by atomic mass is 10.1. The Bertz CT molecular complexity index is 2900. The van der Waals surface area contributed by atoms with Gasteiger partial charge in [0, 0.05) is 16.7 Å². The summed E-state index contributed by atoms with van der Waals surface area (Å²) in [4.78, 5) is 24.9. The standard InChI is InChI=1S/C25H19N3O2.C24H19NO3/c1-16-3-14-23-22(15-16)27-24(29-23)20-10-6-18(7-11-20)4-5-19-8-12-21(13-9-19)25-26-17(2)28-30-25;1-16-3-14-22-21(15-16)25-23(28-22)19-10-6-17(7-11-19)4-5-18-8-12-20(13-9-18)24(26)27-2/h3-15H,1-2H3;3-15H,1-2H3. The van der Waals surface area contributed by atoms with E-state index in [1.165, 1.54) is 12.7 Å².